The van der Waals surface area contributed by atoms with Crippen LogP contribution in [0.25, 0.3) is 0 Å². The number of aryl methyl sites for hydroxylation is 2. The van der Waals surface area contributed by atoms with E-state index in [2.05, 4.69) is 30.6 Å². The fourth-order valence-electron chi connectivity index (χ4n) is 2.12. The number of aromatic nitrogens is 1. The molecule has 1 heterocycles. The van der Waals surface area contributed by atoms with E-state index >= 15 is 0 Å². The summed E-state index contributed by atoms with van der Waals surface area (Å²) >= 11 is 0. The third-order valence-corrected chi connectivity index (χ3v) is 4.89. The van der Waals surface area contributed by atoms with Gasteiger partial charge in [-0.25, -0.2) is 8.42 Å². The van der Waals surface area contributed by atoms with Crippen LogP contribution in [0.2, 0.25) is 0 Å². The minimum absolute atomic E-state index is 0.0177. The third-order valence-electron chi connectivity index (χ3n) is 3.52. The van der Waals surface area contributed by atoms with Gasteiger partial charge in [0.05, 0.1) is 4.90 Å². The molecule has 0 aliphatic heterocycles. The Morgan fingerprint density at radius 1 is 1.18 bits per heavy atom. The van der Waals surface area contributed by atoms with Crippen molar-refractivity contribution in [3.05, 3.63) is 41.3 Å². The largest absolute Gasteiger partial charge is 0.359 e. The summed E-state index contributed by atoms with van der Waals surface area (Å²) in [6, 6.07) is 6.93. The number of sulfonamides is 1. The Morgan fingerprint density at radius 2 is 1.77 bits per heavy atom. The fourth-order valence-corrected chi connectivity index (χ4v) is 3.26. The van der Waals surface area contributed by atoms with Crippen LogP contribution in [-0.2, 0) is 21.9 Å². The van der Waals surface area contributed by atoms with Gasteiger partial charge in [0.2, 0.25) is 0 Å². The van der Waals surface area contributed by atoms with Crippen molar-refractivity contribution in [1.82, 2.24) is 5.16 Å². The number of rotatable bonds is 4. The highest BCUT2D eigenvalue weighted by Gasteiger charge is 2.21. The number of hydrogen-bond donors (Lipinski definition) is 1. The lowest BCUT2D eigenvalue weighted by Crippen LogP contribution is -2.15. The van der Waals surface area contributed by atoms with Crippen molar-refractivity contribution in [2.45, 2.75) is 51.3 Å². The molecule has 0 aliphatic rings. The van der Waals surface area contributed by atoms with Crippen LogP contribution in [0.1, 0.15) is 44.7 Å². The molecule has 22 heavy (non-hydrogen) atoms. The molecule has 120 valence electrons. The van der Waals surface area contributed by atoms with Crippen LogP contribution in [0.5, 0.6) is 0 Å². The molecule has 2 aromatic rings. The first kappa shape index (κ1) is 16.5. The van der Waals surface area contributed by atoms with E-state index in [0.717, 1.165) is 5.56 Å². The maximum Gasteiger partial charge on any atom is 0.262 e. The predicted octanol–water partition coefficient (Wildman–Crippen LogP) is 3.64. The minimum Gasteiger partial charge on any atom is -0.359 e. The Balaban J connectivity index is 2.33. The predicted molar refractivity (Wildman–Crippen MR) is 86.6 cm³/mol. The molecule has 2 rings (SSSR count). The molecule has 0 radical (unpaired) electrons. The van der Waals surface area contributed by atoms with Gasteiger partial charge in [-0.3, -0.25) is 4.72 Å². The molecule has 0 amide bonds. The molecular weight excluding hydrogens is 300 g/mol. The Morgan fingerprint density at radius 3 is 2.27 bits per heavy atom. The van der Waals surface area contributed by atoms with Gasteiger partial charge >= 0.3 is 0 Å². The maximum absolute atomic E-state index is 12.5. The summed E-state index contributed by atoms with van der Waals surface area (Å²) < 4.78 is 32.7. The maximum atomic E-state index is 12.5. The molecule has 0 spiro atoms. The third kappa shape index (κ3) is 3.32. The molecule has 0 atom stereocenters. The molecule has 0 saturated heterocycles. The molecule has 0 aliphatic carbocycles. The zero-order valence-corrected chi connectivity index (χ0v) is 14.4. The Bertz CT molecular complexity index is 754. The Hall–Kier alpha value is -1.82. The van der Waals surface area contributed by atoms with Crippen molar-refractivity contribution in [1.29, 1.82) is 0 Å². The number of nitrogens with zero attached hydrogens (tertiary/aromatic N) is 1. The van der Waals surface area contributed by atoms with Crippen molar-refractivity contribution in [2.75, 3.05) is 4.72 Å². The highest BCUT2D eigenvalue weighted by atomic mass is 32.2. The van der Waals surface area contributed by atoms with Crippen LogP contribution >= 0.6 is 0 Å². The summed E-state index contributed by atoms with van der Waals surface area (Å²) in [5.41, 5.74) is 2.03. The molecule has 0 bridgehead atoms. The van der Waals surface area contributed by atoms with Gasteiger partial charge in [-0.15, -0.1) is 0 Å². The summed E-state index contributed by atoms with van der Waals surface area (Å²) in [7, 11) is -3.65. The highest BCUT2D eigenvalue weighted by Crippen LogP contribution is 2.26. The quantitative estimate of drug-likeness (QED) is 0.932. The second-order valence-electron chi connectivity index (χ2n) is 6.30. The van der Waals surface area contributed by atoms with E-state index in [0.29, 0.717) is 23.6 Å². The van der Waals surface area contributed by atoms with Gasteiger partial charge in [0.15, 0.2) is 5.76 Å². The Labute approximate surface area is 131 Å². The summed E-state index contributed by atoms with van der Waals surface area (Å²) in [6.45, 7) is 9.85. The van der Waals surface area contributed by atoms with Gasteiger partial charge in [-0.2, -0.15) is 0 Å². The standard InChI is InChI=1S/C16H22N2O3S/c1-6-14-15(11(2)17-21-14)18-22(19,20)13-9-7-12(8-10-13)16(3,4)5/h7-10,18H,6H2,1-5H3. The molecule has 0 fully saturated rings. The van der Waals surface area contributed by atoms with E-state index in [-0.39, 0.29) is 10.3 Å². The van der Waals surface area contributed by atoms with Crippen molar-refractivity contribution < 1.29 is 12.9 Å². The van der Waals surface area contributed by atoms with Gasteiger partial charge in [0, 0.05) is 6.42 Å². The molecule has 6 heteroatoms. The summed E-state index contributed by atoms with van der Waals surface area (Å²) in [5.74, 6) is 0.535. The van der Waals surface area contributed by atoms with Gasteiger partial charge in [0.25, 0.3) is 10.0 Å². The lowest BCUT2D eigenvalue weighted by molar-refractivity contribution is 0.383. The first-order chi connectivity index (χ1) is 10.1. The molecule has 1 aromatic heterocycles. The topological polar surface area (TPSA) is 72.2 Å². The van der Waals surface area contributed by atoms with E-state index in [4.69, 9.17) is 4.52 Å². The molecule has 0 saturated carbocycles. The SMILES string of the molecule is CCc1onc(C)c1NS(=O)(=O)c1ccc(C(C)(C)C)cc1. The fraction of sp³-hybridized carbons (Fsp3) is 0.438. The van der Waals surface area contributed by atoms with Gasteiger partial charge in [0.1, 0.15) is 11.4 Å². The van der Waals surface area contributed by atoms with Crippen molar-refractivity contribution in [3.63, 3.8) is 0 Å². The van der Waals surface area contributed by atoms with E-state index in [9.17, 15) is 8.42 Å². The van der Waals surface area contributed by atoms with Gasteiger partial charge in [-0.05, 0) is 30.0 Å². The first-order valence-corrected chi connectivity index (χ1v) is 8.72. The van der Waals surface area contributed by atoms with Crippen LogP contribution in [-0.4, -0.2) is 13.6 Å². The number of hydrogen-bond acceptors (Lipinski definition) is 4. The van der Waals surface area contributed by atoms with Crippen LogP contribution in [0.3, 0.4) is 0 Å². The molecule has 5 nitrogen and oxygen atoms in total. The number of benzene rings is 1. The van der Waals surface area contributed by atoms with E-state index in [1.807, 2.05) is 19.1 Å². The molecule has 0 unspecified atom stereocenters. The summed E-state index contributed by atoms with van der Waals surface area (Å²) in [6.07, 6.45) is 0.571. The Kier molecular flexibility index (Phi) is 4.33. The minimum atomic E-state index is -3.65. The summed E-state index contributed by atoms with van der Waals surface area (Å²) in [5, 5.41) is 3.81. The molecular formula is C16H22N2O3S. The van der Waals surface area contributed by atoms with Crippen LogP contribution < -0.4 is 4.72 Å². The highest BCUT2D eigenvalue weighted by molar-refractivity contribution is 7.92. The van der Waals surface area contributed by atoms with E-state index in [1.165, 1.54) is 0 Å². The lowest BCUT2D eigenvalue weighted by Gasteiger charge is -2.19. The lowest BCUT2D eigenvalue weighted by atomic mass is 9.87. The number of anilines is 1. The summed E-state index contributed by atoms with van der Waals surface area (Å²) in [4.78, 5) is 0.225. The van der Waals surface area contributed by atoms with Crippen molar-refractivity contribution in [2.24, 2.45) is 0 Å². The first-order valence-electron chi connectivity index (χ1n) is 7.23. The normalized spacial score (nSPS) is 12.4. The van der Waals surface area contributed by atoms with Gasteiger partial charge in [-0.1, -0.05) is 45.0 Å². The van der Waals surface area contributed by atoms with Crippen molar-refractivity contribution >= 4 is 15.7 Å². The number of nitrogens with one attached hydrogen (secondary N) is 1. The second kappa shape index (κ2) is 5.76. The second-order valence-corrected chi connectivity index (χ2v) is 7.98. The van der Waals surface area contributed by atoms with E-state index in [1.54, 1.807) is 19.1 Å². The average molecular weight is 322 g/mol. The van der Waals surface area contributed by atoms with Crippen LogP contribution in [0, 0.1) is 6.92 Å². The zero-order chi connectivity index (χ0) is 16.5. The van der Waals surface area contributed by atoms with Crippen LogP contribution in [0.4, 0.5) is 5.69 Å². The van der Waals surface area contributed by atoms with E-state index < -0.39 is 10.0 Å². The van der Waals surface area contributed by atoms with Gasteiger partial charge < -0.3 is 4.52 Å². The van der Waals surface area contributed by atoms with Crippen LogP contribution in [0.15, 0.2) is 33.7 Å². The smallest absolute Gasteiger partial charge is 0.262 e. The van der Waals surface area contributed by atoms with Crippen molar-refractivity contribution in [3.8, 4) is 0 Å². The monoisotopic (exact) mass is 322 g/mol. The molecule has 1 aromatic carbocycles. The zero-order valence-electron chi connectivity index (χ0n) is 13.6. The molecule has 1 N–H and O–H groups in total. The average Bonchev–Trinajstić information content (AvgIpc) is 2.78.